The molecule has 1 fully saturated rings. The van der Waals surface area contributed by atoms with Gasteiger partial charge in [-0.1, -0.05) is 18.2 Å². The van der Waals surface area contributed by atoms with Crippen LogP contribution in [0.2, 0.25) is 0 Å². The molecule has 1 heterocycles. The molecule has 0 unspecified atom stereocenters. The van der Waals surface area contributed by atoms with Gasteiger partial charge in [-0.2, -0.15) is 13.2 Å². The average molecular weight is 456 g/mol. The summed E-state index contributed by atoms with van der Waals surface area (Å²) in [5.74, 6) is -1.76. The van der Waals surface area contributed by atoms with Crippen LogP contribution in [0.1, 0.15) is 26.7 Å². The van der Waals surface area contributed by atoms with Crippen molar-refractivity contribution in [1.29, 1.82) is 0 Å². The van der Waals surface area contributed by atoms with E-state index in [0.717, 1.165) is 35.6 Å². The molecule has 0 spiro atoms. The van der Waals surface area contributed by atoms with Gasteiger partial charge in [-0.25, -0.2) is 0 Å². The van der Waals surface area contributed by atoms with Crippen molar-refractivity contribution in [3.8, 4) is 0 Å². The molecule has 0 N–H and O–H groups in total. The number of alkyl halides is 3. The Morgan fingerprint density at radius 1 is 1.12 bits per heavy atom. The minimum absolute atomic E-state index is 0. The van der Waals surface area contributed by atoms with Crippen LogP contribution >= 0.6 is 0 Å². The lowest BCUT2D eigenvalue weighted by Gasteiger charge is -2.45. The van der Waals surface area contributed by atoms with Gasteiger partial charge < -0.3 is 33.4 Å². The number of hydrogen-bond acceptors (Lipinski definition) is 1. The number of benzene rings is 1. The van der Waals surface area contributed by atoms with Crippen molar-refractivity contribution in [3.63, 3.8) is 0 Å². The third-order valence-corrected chi connectivity index (χ3v) is 5.08. The minimum atomic E-state index is -4.85. The van der Waals surface area contributed by atoms with Crippen LogP contribution in [-0.4, -0.2) is 48.8 Å². The summed E-state index contributed by atoms with van der Waals surface area (Å²) in [6.07, 6.45) is -3.66. The molecule has 0 aliphatic carbocycles. The third-order valence-electron chi connectivity index (χ3n) is 5.08. The Balaban J connectivity index is 0.00000288. The second kappa shape index (κ2) is 8.51. The molecule has 3 nitrogen and oxygen atoms in total. The van der Waals surface area contributed by atoms with E-state index < -0.39 is 18.1 Å². The lowest BCUT2D eigenvalue weighted by molar-refractivity contribution is -0.929. The number of carbonyl (C=O) groups is 1. The van der Waals surface area contributed by atoms with Crippen molar-refractivity contribution in [1.82, 2.24) is 0 Å². The normalized spacial score (nSPS) is 17.9. The Morgan fingerprint density at radius 3 is 2.04 bits per heavy atom. The van der Waals surface area contributed by atoms with E-state index in [4.69, 9.17) is 0 Å². The number of quaternary nitrogens is 1. The first-order valence-electron chi connectivity index (χ1n) is 8.13. The molecule has 0 aromatic heterocycles. The van der Waals surface area contributed by atoms with E-state index in [1.54, 1.807) is 30.3 Å². The molecule has 24 heavy (non-hydrogen) atoms. The van der Waals surface area contributed by atoms with E-state index in [1.165, 1.54) is 0 Å². The summed E-state index contributed by atoms with van der Waals surface area (Å²) < 4.78 is 40.0. The van der Waals surface area contributed by atoms with Crippen LogP contribution in [-0.2, 0) is 4.79 Å². The molecule has 1 amide bonds. The Morgan fingerprint density at radius 2 is 1.62 bits per heavy atom. The fourth-order valence-electron chi connectivity index (χ4n) is 3.44. The molecule has 0 atom stereocenters. The fourth-order valence-corrected chi connectivity index (χ4v) is 3.44. The van der Waals surface area contributed by atoms with Gasteiger partial charge in [0.25, 0.3) is 0 Å². The summed E-state index contributed by atoms with van der Waals surface area (Å²) in [6.45, 7) is 7.79. The zero-order valence-electron chi connectivity index (χ0n) is 14.0. The molecule has 7 heteroatoms. The number of likely N-dealkylation sites (tertiary alicyclic amines) is 1. The van der Waals surface area contributed by atoms with Crippen molar-refractivity contribution in [2.45, 2.75) is 38.9 Å². The number of piperidine rings is 1. The maximum absolute atomic E-state index is 13.0. The van der Waals surface area contributed by atoms with Gasteiger partial charge in [-0.05, 0) is 26.0 Å². The van der Waals surface area contributed by atoms with Gasteiger partial charge in [0.2, 0.25) is 0 Å². The minimum Gasteiger partial charge on any atom is -1.00 e. The Bertz CT molecular complexity index is 522. The van der Waals surface area contributed by atoms with E-state index in [2.05, 4.69) is 13.8 Å². The number of hydrogen-bond donors (Lipinski definition) is 0. The van der Waals surface area contributed by atoms with Crippen LogP contribution in [0.3, 0.4) is 0 Å². The van der Waals surface area contributed by atoms with E-state index in [9.17, 15) is 18.0 Å². The zero-order valence-corrected chi connectivity index (χ0v) is 16.2. The van der Waals surface area contributed by atoms with E-state index >= 15 is 0 Å². The SMILES string of the molecule is CC[N+]1(CC)CCC(N(C(=O)C(F)(F)F)c2ccccc2)CC1.[I-]. The molecule has 1 saturated heterocycles. The standard InChI is InChI=1S/C17H24F3N2O.HI/c1-3-22(4-2)12-10-15(11-13-22)21(16(23)17(18,19)20)14-8-6-5-7-9-14;/h5-9,15H,3-4,10-13H2,1-2H3;1H/q+1;/p-1. The summed E-state index contributed by atoms with van der Waals surface area (Å²) in [4.78, 5) is 12.9. The summed E-state index contributed by atoms with van der Waals surface area (Å²) in [5.41, 5.74) is 0.327. The first-order valence-corrected chi connectivity index (χ1v) is 8.13. The summed E-state index contributed by atoms with van der Waals surface area (Å²) in [6, 6.07) is 7.80. The van der Waals surface area contributed by atoms with Crippen LogP contribution < -0.4 is 28.9 Å². The molecule has 136 valence electrons. The zero-order chi connectivity index (χ0) is 17.1. The molecule has 2 rings (SSSR count). The molecule has 1 aliphatic rings. The number of carbonyl (C=O) groups excluding carboxylic acids is 1. The van der Waals surface area contributed by atoms with Crippen molar-refractivity contribution < 1.29 is 46.4 Å². The second-order valence-corrected chi connectivity index (χ2v) is 6.16. The number of halogens is 4. The van der Waals surface area contributed by atoms with Crippen molar-refractivity contribution in [2.24, 2.45) is 0 Å². The average Bonchev–Trinajstić information content (AvgIpc) is 2.56. The van der Waals surface area contributed by atoms with Crippen molar-refractivity contribution >= 4 is 11.6 Å². The maximum Gasteiger partial charge on any atom is 0.471 e. The summed E-state index contributed by atoms with van der Waals surface area (Å²) >= 11 is 0. The van der Waals surface area contributed by atoms with E-state index in [0.29, 0.717) is 18.5 Å². The first kappa shape index (κ1) is 21.2. The Kier molecular flexibility index (Phi) is 7.52. The number of nitrogens with zero attached hydrogens (tertiary/aromatic N) is 2. The largest absolute Gasteiger partial charge is 1.00 e. The molecular weight excluding hydrogens is 432 g/mol. The van der Waals surface area contributed by atoms with Gasteiger partial charge in [-0.15, -0.1) is 0 Å². The van der Waals surface area contributed by atoms with Crippen LogP contribution in [0.15, 0.2) is 30.3 Å². The maximum atomic E-state index is 13.0. The lowest BCUT2D eigenvalue weighted by Crippen LogP contribution is -3.00. The number of rotatable bonds is 4. The van der Waals surface area contributed by atoms with Gasteiger partial charge in [0.15, 0.2) is 0 Å². The Labute approximate surface area is 158 Å². The van der Waals surface area contributed by atoms with Gasteiger partial charge in [-0.3, -0.25) is 4.79 Å². The highest BCUT2D eigenvalue weighted by Crippen LogP contribution is 2.31. The van der Waals surface area contributed by atoms with E-state index in [-0.39, 0.29) is 24.0 Å². The van der Waals surface area contributed by atoms with Crippen LogP contribution in [0, 0.1) is 0 Å². The Hall–Kier alpha value is -0.830. The van der Waals surface area contributed by atoms with Gasteiger partial charge in [0, 0.05) is 24.6 Å². The first-order chi connectivity index (χ1) is 10.8. The third kappa shape index (κ3) is 4.62. The molecule has 0 radical (unpaired) electrons. The summed E-state index contributed by atoms with van der Waals surface area (Å²) in [7, 11) is 0. The quantitative estimate of drug-likeness (QED) is 0.481. The fraction of sp³-hybridized carbons (Fsp3) is 0.588. The second-order valence-electron chi connectivity index (χ2n) is 6.16. The van der Waals surface area contributed by atoms with E-state index in [1.807, 2.05) is 0 Å². The van der Waals surface area contributed by atoms with Gasteiger partial charge >= 0.3 is 12.1 Å². The molecule has 1 aromatic rings. The van der Waals surface area contributed by atoms with Crippen LogP contribution in [0.25, 0.3) is 0 Å². The monoisotopic (exact) mass is 456 g/mol. The summed E-state index contributed by atoms with van der Waals surface area (Å²) in [5, 5.41) is 0. The molecule has 0 saturated carbocycles. The van der Waals surface area contributed by atoms with Gasteiger partial charge in [0.1, 0.15) is 0 Å². The highest BCUT2D eigenvalue weighted by molar-refractivity contribution is 5.97. The number of amides is 1. The van der Waals surface area contributed by atoms with Gasteiger partial charge in [0.05, 0.1) is 26.2 Å². The number of para-hydroxylation sites is 1. The predicted octanol–water partition coefficient (Wildman–Crippen LogP) is 0.605. The highest BCUT2D eigenvalue weighted by Gasteiger charge is 2.46. The lowest BCUT2D eigenvalue weighted by atomic mass is 9.99. The smallest absolute Gasteiger partial charge is 0.471 e. The molecular formula is C17H24F3IN2O. The molecule has 0 bridgehead atoms. The van der Waals surface area contributed by atoms with Crippen LogP contribution in [0.4, 0.5) is 18.9 Å². The van der Waals surface area contributed by atoms with Crippen molar-refractivity contribution in [3.05, 3.63) is 30.3 Å². The highest BCUT2D eigenvalue weighted by atomic mass is 127. The topological polar surface area (TPSA) is 20.3 Å². The number of anilines is 1. The van der Waals surface area contributed by atoms with Crippen molar-refractivity contribution in [2.75, 3.05) is 31.1 Å². The predicted molar refractivity (Wildman–Crippen MR) is 84.1 cm³/mol. The molecule has 1 aromatic carbocycles. The van der Waals surface area contributed by atoms with Crippen LogP contribution in [0.5, 0.6) is 0 Å². The molecule has 1 aliphatic heterocycles.